The average Bonchev–Trinajstić information content (AvgIpc) is 2.31. The molecule has 1 rings (SSSR count). The molecule has 0 aliphatic carbocycles. The van der Waals surface area contributed by atoms with Crippen molar-refractivity contribution in [3.63, 3.8) is 0 Å². The lowest BCUT2D eigenvalue weighted by molar-refractivity contribution is 0.0510. The van der Waals surface area contributed by atoms with E-state index < -0.39 is 18.9 Å². The van der Waals surface area contributed by atoms with Gasteiger partial charge in [0.1, 0.15) is 0 Å². The van der Waals surface area contributed by atoms with Gasteiger partial charge in [0.25, 0.3) is 12.3 Å². The Bertz CT molecular complexity index is 425. The second-order valence-electron chi connectivity index (χ2n) is 3.90. The molecular formula is C12H16F2N2O2. The molecule has 6 heteroatoms. The van der Waals surface area contributed by atoms with Crippen molar-refractivity contribution in [2.75, 3.05) is 25.4 Å². The molecule has 0 saturated carbocycles. The van der Waals surface area contributed by atoms with E-state index in [4.69, 9.17) is 10.8 Å². The van der Waals surface area contributed by atoms with Crippen molar-refractivity contribution in [1.82, 2.24) is 4.90 Å². The van der Waals surface area contributed by atoms with Crippen LogP contribution in [0.4, 0.5) is 14.5 Å². The highest BCUT2D eigenvalue weighted by Crippen LogP contribution is 2.18. The van der Waals surface area contributed by atoms with Crippen molar-refractivity contribution in [3.8, 4) is 0 Å². The molecule has 1 aromatic carbocycles. The molecule has 100 valence electrons. The van der Waals surface area contributed by atoms with E-state index in [0.29, 0.717) is 5.56 Å². The lowest BCUT2D eigenvalue weighted by atomic mass is 10.1. The number of aryl methyl sites for hydroxylation is 1. The summed E-state index contributed by atoms with van der Waals surface area (Å²) >= 11 is 0. The highest BCUT2D eigenvalue weighted by molar-refractivity contribution is 5.99. The van der Waals surface area contributed by atoms with Gasteiger partial charge in [-0.15, -0.1) is 0 Å². The second kappa shape index (κ2) is 6.30. The predicted octanol–water partition coefficient (Wildman–Crippen LogP) is 1.28. The number of carbonyl (C=O) groups is 1. The number of anilines is 1. The number of para-hydroxylation sites is 1. The molecule has 0 aliphatic rings. The van der Waals surface area contributed by atoms with Gasteiger partial charge in [-0.25, -0.2) is 8.78 Å². The van der Waals surface area contributed by atoms with E-state index in [1.165, 1.54) is 6.07 Å². The lowest BCUT2D eigenvalue weighted by Crippen LogP contribution is -2.37. The molecule has 0 fully saturated rings. The lowest BCUT2D eigenvalue weighted by Gasteiger charge is -2.22. The molecule has 0 aliphatic heterocycles. The van der Waals surface area contributed by atoms with Gasteiger partial charge in [0.05, 0.1) is 18.7 Å². The zero-order chi connectivity index (χ0) is 13.7. The molecule has 0 bridgehead atoms. The molecule has 0 aromatic heterocycles. The number of hydrogen-bond donors (Lipinski definition) is 2. The molecule has 3 N–H and O–H groups in total. The summed E-state index contributed by atoms with van der Waals surface area (Å²) in [4.78, 5) is 12.9. The zero-order valence-electron chi connectivity index (χ0n) is 10.1. The van der Waals surface area contributed by atoms with Crippen LogP contribution in [0.3, 0.4) is 0 Å². The van der Waals surface area contributed by atoms with Gasteiger partial charge in [0, 0.05) is 12.2 Å². The van der Waals surface area contributed by atoms with Gasteiger partial charge in [0.15, 0.2) is 0 Å². The van der Waals surface area contributed by atoms with E-state index >= 15 is 0 Å². The number of nitrogens with two attached hydrogens (primary N) is 1. The number of alkyl halides is 2. The van der Waals surface area contributed by atoms with Gasteiger partial charge in [-0.05, 0) is 18.6 Å². The first-order valence-electron chi connectivity index (χ1n) is 5.50. The molecule has 4 nitrogen and oxygen atoms in total. The van der Waals surface area contributed by atoms with Crippen LogP contribution < -0.4 is 5.73 Å². The van der Waals surface area contributed by atoms with Gasteiger partial charge >= 0.3 is 0 Å². The monoisotopic (exact) mass is 258 g/mol. The summed E-state index contributed by atoms with van der Waals surface area (Å²) in [7, 11) is 0. The Morgan fingerprint density at radius 2 is 2.17 bits per heavy atom. The number of amides is 1. The minimum atomic E-state index is -2.65. The summed E-state index contributed by atoms with van der Waals surface area (Å²) in [5.41, 5.74) is 6.92. The van der Waals surface area contributed by atoms with E-state index in [-0.39, 0.29) is 24.4 Å². The standard InChI is InChI=1S/C12H16F2N2O2/c1-8-3-2-4-9(11(8)15)12(18)16(5-6-17)7-10(13)14/h2-4,10,17H,5-7,15H2,1H3. The van der Waals surface area contributed by atoms with Crippen molar-refractivity contribution in [2.45, 2.75) is 13.3 Å². The Morgan fingerprint density at radius 3 is 2.72 bits per heavy atom. The van der Waals surface area contributed by atoms with Crippen LogP contribution in [-0.4, -0.2) is 42.0 Å². The van der Waals surface area contributed by atoms with E-state index in [9.17, 15) is 13.6 Å². The van der Waals surface area contributed by atoms with Crippen LogP contribution in [0.25, 0.3) is 0 Å². The zero-order valence-corrected chi connectivity index (χ0v) is 10.1. The van der Waals surface area contributed by atoms with E-state index in [0.717, 1.165) is 4.90 Å². The highest BCUT2D eigenvalue weighted by atomic mass is 19.3. The maximum Gasteiger partial charge on any atom is 0.256 e. The van der Waals surface area contributed by atoms with E-state index in [2.05, 4.69) is 0 Å². The van der Waals surface area contributed by atoms with Gasteiger partial charge in [-0.2, -0.15) is 0 Å². The third-order valence-electron chi connectivity index (χ3n) is 2.57. The number of aliphatic hydroxyl groups is 1. The van der Waals surface area contributed by atoms with Crippen LogP contribution >= 0.6 is 0 Å². The number of benzene rings is 1. The molecule has 0 atom stereocenters. The number of aliphatic hydroxyl groups excluding tert-OH is 1. The molecule has 0 radical (unpaired) electrons. The van der Waals surface area contributed by atoms with Crippen molar-refractivity contribution in [1.29, 1.82) is 0 Å². The normalized spacial score (nSPS) is 10.7. The van der Waals surface area contributed by atoms with Crippen LogP contribution in [0.2, 0.25) is 0 Å². The number of hydrogen-bond acceptors (Lipinski definition) is 3. The van der Waals surface area contributed by atoms with Crippen LogP contribution in [0.15, 0.2) is 18.2 Å². The van der Waals surface area contributed by atoms with Crippen molar-refractivity contribution in [2.24, 2.45) is 0 Å². The number of nitrogen functional groups attached to an aromatic ring is 1. The fourth-order valence-electron chi connectivity index (χ4n) is 1.60. The van der Waals surface area contributed by atoms with E-state index in [1.54, 1.807) is 19.1 Å². The number of halogens is 2. The fourth-order valence-corrected chi connectivity index (χ4v) is 1.60. The van der Waals surface area contributed by atoms with Crippen molar-refractivity contribution in [3.05, 3.63) is 29.3 Å². The topological polar surface area (TPSA) is 66.6 Å². The maximum absolute atomic E-state index is 12.4. The predicted molar refractivity (Wildman–Crippen MR) is 64.6 cm³/mol. The maximum atomic E-state index is 12.4. The first-order chi connectivity index (χ1) is 8.47. The summed E-state index contributed by atoms with van der Waals surface area (Å²) in [5, 5.41) is 8.80. The first-order valence-corrected chi connectivity index (χ1v) is 5.50. The Hall–Kier alpha value is -1.69. The number of rotatable bonds is 5. The Morgan fingerprint density at radius 1 is 1.50 bits per heavy atom. The molecule has 0 spiro atoms. The van der Waals surface area contributed by atoms with Crippen LogP contribution in [0.5, 0.6) is 0 Å². The van der Waals surface area contributed by atoms with Gasteiger partial charge in [-0.1, -0.05) is 12.1 Å². The van der Waals surface area contributed by atoms with Gasteiger partial charge in [-0.3, -0.25) is 4.79 Å². The summed E-state index contributed by atoms with van der Waals surface area (Å²) in [6.07, 6.45) is -2.65. The van der Waals surface area contributed by atoms with Crippen molar-refractivity contribution >= 4 is 11.6 Å². The molecular weight excluding hydrogens is 242 g/mol. The van der Waals surface area contributed by atoms with Crippen LogP contribution in [0.1, 0.15) is 15.9 Å². The smallest absolute Gasteiger partial charge is 0.256 e. The quantitative estimate of drug-likeness (QED) is 0.782. The minimum absolute atomic E-state index is 0.142. The Balaban J connectivity index is 2.98. The molecule has 18 heavy (non-hydrogen) atoms. The first kappa shape index (κ1) is 14.4. The Kier molecular flexibility index (Phi) is 5.03. The molecule has 0 heterocycles. The third kappa shape index (κ3) is 3.40. The third-order valence-corrected chi connectivity index (χ3v) is 2.57. The summed E-state index contributed by atoms with van der Waals surface area (Å²) in [5.74, 6) is -0.592. The second-order valence-corrected chi connectivity index (χ2v) is 3.90. The van der Waals surface area contributed by atoms with Gasteiger partial charge < -0.3 is 15.7 Å². The molecule has 0 unspecified atom stereocenters. The largest absolute Gasteiger partial charge is 0.398 e. The fraction of sp³-hybridized carbons (Fsp3) is 0.417. The Labute approximate surface area is 104 Å². The van der Waals surface area contributed by atoms with Crippen molar-refractivity contribution < 1.29 is 18.7 Å². The minimum Gasteiger partial charge on any atom is -0.398 e. The molecule has 0 saturated heterocycles. The highest BCUT2D eigenvalue weighted by Gasteiger charge is 2.21. The molecule has 1 amide bonds. The summed E-state index contributed by atoms with van der Waals surface area (Å²) < 4.78 is 24.7. The number of carbonyl (C=O) groups excluding carboxylic acids is 1. The number of nitrogens with zero attached hydrogens (tertiary/aromatic N) is 1. The van der Waals surface area contributed by atoms with Crippen LogP contribution in [0, 0.1) is 6.92 Å². The average molecular weight is 258 g/mol. The van der Waals surface area contributed by atoms with E-state index in [1.807, 2.05) is 0 Å². The molecule has 1 aromatic rings. The summed E-state index contributed by atoms with van der Waals surface area (Å²) in [6.45, 7) is 0.503. The van der Waals surface area contributed by atoms with Crippen LogP contribution in [-0.2, 0) is 0 Å². The van der Waals surface area contributed by atoms with Gasteiger partial charge in [0.2, 0.25) is 0 Å². The summed E-state index contributed by atoms with van der Waals surface area (Å²) in [6, 6.07) is 4.86. The SMILES string of the molecule is Cc1cccc(C(=O)N(CCO)CC(F)F)c1N.